The lowest BCUT2D eigenvalue weighted by Gasteiger charge is -2.29. The second-order valence-electron chi connectivity index (χ2n) is 24.3. The molecule has 0 bridgehead atoms. The molecule has 1 heterocycles. The predicted molar refractivity (Wildman–Crippen MR) is 346 cm³/mol. The predicted octanol–water partition coefficient (Wildman–Crippen LogP) is -6.02. The summed E-state index contributed by atoms with van der Waals surface area (Å²) in [4.78, 5) is 169. The van der Waals surface area contributed by atoms with E-state index in [0.717, 1.165) is 12.8 Å². The van der Waals surface area contributed by atoms with E-state index in [1.54, 1.807) is 44.2 Å². The van der Waals surface area contributed by atoms with E-state index in [1.165, 1.54) is 13.8 Å². The van der Waals surface area contributed by atoms with Gasteiger partial charge in [0.25, 0.3) is 0 Å². The Morgan fingerprint density at radius 1 is 0.527 bits per heavy atom. The van der Waals surface area contributed by atoms with Gasteiger partial charge >= 0.3 is 0 Å². The van der Waals surface area contributed by atoms with Crippen LogP contribution in [0.5, 0.6) is 0 Å². The van der Waals surface area contributed by atoms with E-state index < -0.39 is 163 Å². The Morgan fingerprint density at radius 2 is 1.05 bits per heavy atom. The molecule has 1 aliphatic rings. The number of nitrogens with one attached hydrogen (secondary N) is 12. The Hall–Kier alpha value is -7.46. The van der Waals surface area contributed by atoms with Crippen LogP contribution in [0.4, 0.5) is 0 Å². The highest BCUT2D eigenvalue weighted by molar-refractivity contribution is 5.99. The lowest BCUT2D eigenvalue weighted by molar-refractivity contribution is -0.137. The van der Waals surface area contributed by atoms with Crippen LogP contribution in [0.15, 0.2) is 30.3 Å². The van der Waals surface area contributed by atoms with Crippen molar-refractivity contribution in [2.24, 2.45) is 46.2 Å². The maximum Gasteiger partial charge on any atom is 0.245 e. The Labute approximate surface area is 545 Å². The number of hydrogen-bond donors (Lipinski definition) is 20. The second kappa shape index (κ2) is 44.2. The fourth-order valence-corrected chi connectivity index (χ4v) is 9.92. The maximum atomic E-state index is 14.7. The van der Waals surface area contributed by atoms with Gasteiger partial charge in [-0.2, -0.15) is 0 Å². The van der Waals surface area contributed by atoms with Crippen LogP contribution in [-0.2, 0) is 64.0 Å². The highest BCUT2D eigenvalue weighted by Gasteiger charge is 2.38. The smallest absolute Gasteiger partial charge is 0.245 e. The van der Waals surface area contributed by atoms with E-state index in [9.17, 15) is 67.7 Å². The van der Waals surface area contributed by atoms with E-state index in [-0.39, 0.29) is 90.0 Å². The minimum absolute atomic E-state index is 0.00436. The number of carbonyl (C=O) groups is 12. The molecule has 526 valence electrons. The van der Waals surface area contributed by atoms with Crippen LogP contribution >= 0.6 is 0 Å². The lowest BCUT2D eigenvalue weighted by Crippen LogP contribution is -2.62. The van der Waals surface area contributed by atoms with Crippen LogP contribution in [0.25, 0.3) is 0 Å². The van der Waals surface area contributed by atoms with E-state index in [4.69, 9.17) is 34.4 Å². The van der Waals surface area contributed by atoms with Crippen molar-refractivity contribution in [1.29, 1.82) is 0 Å². The molecule has 32 heteroatoms. The monoisotopic (exact) mass is 1320 g/mol. The van der Waals surface area contributed by atoms with Gasteiger partial charge in [0, 0.05) is 25.9 Å². The van der Waals surface area contributed by atoms with Gasteiger partial charge in [-0.05, 0) is 128 Å². The first-order chi connectivity index (χ1) is 44.1. The van der Waals surface area contributed by atoms with Crippen molar-refractivity contribution in [1.82, 2.24) is 63.8 Å². The van der Waals surface area contributed by atoms with Crippen molar-refractivity contribution in [2.75, 3.05) is 45.8 Å². The number of benzene rings is 1. The molecule has 1 aromatic carbocycles. The van der Waals surface area contributed by atoms with Gasteiger partial charge in [-0.15, -0.1) is 0 Å². The molecule has 1 fully saturated rings. The molecule has 12 amide bonds. The molecular formula is C61H108N18O14. The summed E-state index contributed by atoms with van der Waals surface area (Å²) >= 11 is 0. The number of carbonyl (C=O) groups excluding carboxylic acids is 12. The van der Waals surface area contributed by atoms with Gasteiger partial charge in [0.2, 0.25) is 70.9 Å². The molecule has 1 saturated heterocycles. The topological polar surface area (TPSA) is 546 Å². The van der Waals surface area contributed by atoms with Gasteiger partial charge in [-0.25, -0.2) is 0 Å². The summed E-state index contributed by atoms with van der Waals surface area (Å²) in [6.45, 7) is 8.97. The third-order valence-electron chi connectivity index (χ3n) is 15.2. The molecule has 0 aliphatic carbocycles. The molecule has 93 heavy (non-hydrogen) atoms. The van der Waals surface area contributed by atoms with E-state index >= 15 is 0 Å². The zero-order valence-electron chi connectivity index (χ0n) is 54.9. The standard InChI is InChI=1S/C61H108N18O14/c1-34(2)14-10-11-18-48(82)70-40(19-26-63)56(88)79-50(37(6)81)61(93)75-43(22-29-66)53(85)73-44-24-31-69-60(92)49(36(5)80)78-57(89)45(23-30-68-51(83)39(67)17-12-13-25-62)74-52(84)41(20-27-64)72-58(90)46(32-35(3)4)76-59(91)47(33-38-15-8-7-9-16-38)77-54(86)42(21-28-65)71-55(44)87/h7-9,15-16,34-37,39-47,49-50,80-81H,10-14,17-33,62-67H2,1-6H3,(H,68,83)(H,69,92)(H,70,82)(H,71,87)(H,72,90)(H,73,85)(H,74,84)(H,75,93)(H,76,91)(H,77,86)(H,78,89)(H,79,88)/t36-,37-,39+,40+,41+,42+,43+,44+,45+,46+,47-,49+,50+/m1/s1. The van der Waals surface area contributed by atoms with Crippen LogP contribution in [-0.4, -0.2) is 206 Å². The largest absolute Gasteiger partial charge is 0.391 e. The number of hydrogen-bond acceptors (Lipinski definition) is 20. The summed E-state index contributed by atoms with van der Waals surface area (Å²) in [7, 11) is 0. The van der Waals surface area contributed by atoms with Crippen LogP contribution in [0.1, 0.15) is 137 Å². The fraction of sp³-hybridized carbons (Fsp3) is 0.705. The third kappa shape index (κ3) is 30.9. The summed E-state index contributed by atoms with van der Waals surface area (Å²) in [5.41, 5.74) is 35.9. The minimum Gasteiger partial charge on any atom is -0.391 e. The van der Waals surface area contributed by atoms with Crippen LogP contribution in [0.2, 0.25) is 0 Å². The highest BCUT2D eigenvalue weighted by atomic mass is 16.3. The van der Waals surface area contributed by atoms with Gasteiger partial charge in [0.1, 0.15) is 60.4 Å². The van der Waals surface area contributed by atoms with Crippen molar-refractivity contribution in [3.8, 4) is 0 Å². The SMILES string of the molecule is CC(C)CCCCC(=O)N[C@@H](CCN)C(=O)N[C@H](C(=O)N[C@@H](CCN)C(=O)N[C@H]1CCNC(=O)[C@H]([C@@H](C)O)NC(=O)[C@H](CCNC(=O)[C@@H](N)CCCCN)NC(=O)[C@H](CCN)NC(=O)[C@H](CC(C)C)NC(=O)[C@@H](Cc2ccccc2)NC(=O)[C@H](CCN)NC1=O)[C@@H](C)O. The van der Waals surface area contributed by atoms with Crippen molar-refractivity contribution >= 4 is 70.9 Å². The van der Waals surface area contributed by atoms with Gasteiger partial charge in [-0.3, -0.25) is 57.5 Å². The average Bonchev–Trinajstić information content (AvgIpc) is 1.27. The number of amides is 12. The van der Waals surface area contributed by atoms with Crippen molar-refractivity contribution in [3.05, 3.63) is 35.9 Å². The van der Waals surface area contributed by atoms with Gasteiger partial charge in [0.15, 0.2) is 0 Å². The van der Waals surface area contributed by atoms with E-state index in [0.29, 0.717) is 43.7 Å². The van der Waals surface area contributed by atoms with Crippen molar-refractivity contribution in [3.63, 3.8) is 0 Å². The van der Waals surface area contributed by atoms with Crippen molar-refractivity contribution < 1.29 is 67.7 Å². The number of nitrogens with two attached hydrogens (primary N) is 6. The molecule has 1 aliphatic heterocycles. The molecule has 0 unspecified atom stereocenters. The molecular weight excluding hydrogens is 1210 g/mol. The first-order valence-corrected chi connectivity index (χ1v) is 32.3. The van der Waals surface area contributed by atoms with E-state index in [2.05, 4.69) is 77.6 Å². The Morgan fingerprint density at radius 3 is 1.60 bits per heavy atom. The quantitative estimate of drug-likeness (QED) is 0.0286. The first kappa shape index (κ1) is 81.6. The summed E-state index contributed by atoms with van der Waals surface area (Å²) in [6.07, 6.45) is -1.16. The second-order valence-corrected chi connectivity index (χ2v) is 24.3. The molecule has 13 atom stereocenters. The number of rotatable bonds is 34. The maximum absolute atomic E-state index is 14.7. The molecule has 1 aromatic rings. The zero-order chi connectivity index (χ0) is 69.7. The lowest BCUT2D eigenvalue weighted by atomic mass is 10.00. The van der Waals surface area contributed by atoms with Crippen molar-refractivity contribution in [2.45, 2.75) is 217 Å². The molecule has 32 nitrogen and oxygen atoms in total. The first-order valence-electron chi connectivity index (χ1n) is 32.3. The third-order valence-corrected chi connectivity index (χ3v) is 15.2. The van der Waals surface area contributed by atoms with Gasteiger partial charge in [-0.1, -0.05) is 77.3 Å². The Balaban J connectivity index is 2.76. The molecule has 0 saturated carbocycles. The summed E-state index contributed by atoms with van der Waals surface area (Å²) in [5, 5.41) is 52.6. The summed E-state index contributed by atoms with van der Waals surface area (Å²) in [6, 6.07) is -7.81. The average molecular weight is 1320 g/mol. The minimum atomic E-state index is -1.78. The Kier molecular flexibility index (Phi) is 38.8. The zero-order valence-corrected chi connectivity index (χ0v) is 54.9. The molecule has 26 N–H and O–H groups in total. The summed E-state index contributed by atoms with van der Waals surface area (Å²) < 4.78 is 0. The van der Waals surface area contributed by atoms with E-state index in [1.807, 2.05) is 0 Å². The van der Waals surface area contributed by atoms with Gasteiger partial charge in [0.05, 0.1) is 18.2 Å². The number of unbranched alkanes of at least 4 members (excludes halogenated alkanes) is 2. The highest BCUT2D eigenvalue weighted by Crippen LogP contribution is 2.13. The van der Waals surface area contributed by atoms with Crippen LogP contribution in [0, 0.1) is 11.8 Å². The number of aliphatic hydroxyl groups is 2. The normalized spacial score (nSPS) is 21.9. The van der Waals surface area contributed by atoms with Gasteiger partial charge < -0.3 is 108 Å². The van der Waals surface area contributed by atoms with Crippen LogP contribution < -0.4 is 98.2 Å². The summed E-state index contributed by atoms with van der Waals surface area (Å²) in [5.74, 6) is -10.5. The molecule has 0 radical (unpaired) electrons. The fourth-order valence-electron chi connectivity index (χ4n) is 9.92. The Bertz CT molecular complexity index is 2550. The number of aliphatic hydroxyl groups excluding tert-OH is 2. The molecule has 0 aromatic heterocycles. The molecule has 2 rings (SSSR count). The van der Waals surface area contributed by atoms with Crippen LogP contribution in [0.3, 0.4) is 0 Å². The molecule has 0 spiro atoms.